The molecule has 0 unspecified atom stereocenters. The zero-order valence-electron chi connectivity index (χ0n) is 4.78. The molecule has 0 spiro atoms. The SMILES string of the molecule is ON=C1C=CC=C(O)C1. The molecule has 0 fully saturated rings. The average Bonchev–Trinajstić information content (AvgIpc) is 1.88. The number of nitrogens with zero attached hydrogens (tertiary/aromatic N) is 1. The maximum atomic E-state index is 8.83. The summed E-state index contributed by atoms with van der Waals surface area (Å²) in [6.45, 7) is 0. The van der Waals surface area contributed by atoms with Crippen molar-refractivity contribution in [3.8, 4) is 0 Å². The van der Waals surface area contributed by atoms with Crippen molar-refractivity contribution in [1.82, 2.24) is 0 Å². The van der Waals surface area contributed by atoms with E-state index >= 15 is 0 Å². The van der Waals surface area contributed by atoms with Gasteiger partial charge in [0.05, 0.1) is 17.9 Å². The van der Waals surface area contributed by atoms with Crippen molar-refractivity contribution in [1.29, 1.82) is 0 Å². The maximum Gasteiger partial charge on any atom is 0.0983 e. The standard InChI is InChI=1S/C6H7NO2/c8-6-3-1-2-5(4-6)7-9/h1-3,8-9H,4H2. The molecule has 0 aromatic carbocycles. The molecule has 0 amide bonds. The number of aliphatic hydroxyl groups is 1. The lowest BCUT2D eigenvalue weighted by Crippen LogP contribution is -1.99. The number of oxime groups is 1. The Morgan fingerprint density at radius 3 is 2.78 bits per heavy atom. The third kappa shape index (κ3) is 1.32. The minimum Gasteiger partial charge on any atom is -0.512 e. The van der Waals surface area contributed by atoms with Crippen molar-refractivity contribution < 1.29 is 10.3 Å². The molecule has 2 N–H and O–H groups in total. The molecule has 0 aromatic heterocycles. The van der Waals surface area contributed by atoms with Gasteiger partial charge in [-0.2, -0.15) is 0 Å². The molecule has 3 nitrogen and oxygen atoms in total. The fraction of sp³-hybridized carbons (Fsp3) is 0.167. The van der Waals surface area contributed by atoms with Crippen LogP contribution in [0.1, 0.15) is 6.42 Å². The van der Waals surface area contributed by atoms with Crippen LogP contribution in [0.5, 0.6) is 0 Å². The van der Waals surface area contributed by atoms with Crippen molar-refractivity contribution in [2.75, 3.05) is 0 Å². The van der Waals surface area contributed by atoms with E-state index in [1.807, 2.05) is 0 Å². The van der Waals surface area contributed by atoms with E-state index in [2.05, 4.69) is 5.16 Å². The summed E-state index contributed by atoms with van der Waals surface area (Å²) in [5.41, 5.74) is 0.481. The number of rotatable bonds is 0. The Balaban J connectivity index is 2.73. The van der Waals surface area contributed by atoms with E-state index in [4.69, 9.17) is 10.3 Å². The largest absolute Gasteiger partial charge is 0.512 e. The Kier molecular flexibility index (Phi) is 1.53. The topological polar surface area (TPSA) is 52.8 Å². The molecule has 0 aliphatic heterocycles. The Bertz CT molecular complexity index is 191. The number of aliphatic hydroxyl groups excluding tert-OH is 1. The molecule has 3 heteroatoms. The molecular weight excluding hydrogens is 118 g/mol. The van der Waals surface area contributed by atoms with E-state index < -0.39 is 0 Å². The van der Waals surface area contributed by atoms with Gasteiger partial charge >= 0.3 is 0 Å². The van der Waals surface area contributed by atoms with Crippen LogP contribution in [0.15, 0.2) is 29.1 Å². The van der Waals surface area contributed by atoms with Crippen molar-refractivity contribution in [2.45, 2.75) is 6.42 Å². The second-order valence-corrected chi connectivity index (χ2v) is 1.79. The first-order valence-electron chi connectivity index (χ1n) is 2.60. The van der Waals surface area contributed by atoms with Gasteiger partial charge in [0.2, 0.25) is 0 Å². The van der Waals surface area contributed by atoms with Crippen LogP contribution in [0.2, 0.25) is 0 Å². The lowest BCUT2D eigenvalue weighted by molar-refractivity contribution is 0.316. The Hall–Kier alpha value is -1.25. The van der Waals surface area contributed by atoms with Gasteiger partial charge in [-0.15, -0.1) is 0 Å². The fourth-order valence-corrected chi connectivity index (χ4v) is 0.642. The average molecular weight is 125 g/mol. The molecule has 0 saturated heterocycles. The molecule has 0 saturated carbocycles. The summed E-state index contributed by atoms with van der Waals surface area (Å²) in [5, 5.41) is 20.0. The molecule has 0 aromatic rings. The van der Waals surface area contributed by atoms with Gasteiger partial charge in [-0.25, -0.2) is 0 Å². The fourth-order valence-electron chi connectivity index (χ4n) is 0.642. The van der Waals surface area contributed by atoms with Gasteiger partial charge in [0.1, 0.15) is 0 Å². The summed E-state index contributed by atoms with van der Waals surface area (Å²) in [4.78, 5) is 0. The molecular formula is C6H7NO2. The Labute approximate surface area is 52.6 Å². The van der Waals surface area contributed by atoms with E-state index in [-0.39, 0.29) is 5.76 Å². The Morgan fingerprint density at radius 2 is 2.33 bits per heavy atom. The van der Waals surface area contributed by atoms with E-state index in [1.54, 1.807) is 18.2 Å². The number of hydrogen-bond acceptors (Lipinski definition) is 3. The van der Waals surface area contributed by atoms with Crippen LogP contribution < -0.4 is 0 Å². The zero-order valence-corrected chi connectivity index (χ0v) is 4.78. The molecule has 0 bridgehead atoms. The van der Waals surface area contributed by atoms with Gasteiger partial charge in [0, 0.05) is 0 Å². The first-order chi connectivity index (χ1) is 4.33. The normalized spacial score (nSPS) is 22.2. The minimum absolute atomic E-state index is 0.227. The first kappa shape index (κ1) is 5.88. The summed E-state index contributed by atoms with van der Waals surface area (Å²) < 4.78 is 0. The van der Waals surface area contributed by atoms with Crippen LogP contribution in [0, 0.1) is 0 Å². The second kappa shape index (κ2) is 2.35. The van der Waals surface area contributed by atoms with Gasteiger partial charge in [-0.1, -0.05) is 11.2 Å². The minimum atomic E-state index is 0.227. The highest BCUT2D eigenvalue weighted by molar-refractivity contribution is 5.97. The Morgan fingerprint density at radius 1 is 1.56 bits per heavy atom. The van der Waals surface area contributed by atoms with Crippen molar-refractivity contribution in [3.05, 3.63) is 24.0 Å². The highest BCUT2D eigenvalue weighted by Crippen LogP contribution is 2.05. The summed E-state index contributed by atoms with van der Waals surface area (Å²) in [7, 11) is 0. The maximum absolute atomic E-state index is 8.83. The summed E-state index contributed by atoms with van der Waals surface area (Å²) >= 11 is 0. The van der Waals surface area contributed by atoms with E-state index in [0.29, 0.717) is 12.1 Å². The van der Waals surface area contributed by atoms with Crippen molar-refractivity contribution in [2.24, 2.45) is 5.16 Å². The predicted molar refractivity (Wildman–Crippen MR) is 33.7 cm³/mol. The first-order valence-corrected chi connectivity index (χ1v) is 2.60. The smallest absolute Gasteiger partial charge is 0.0983 e. The zero-order chi connectivity index (χ0) is 6.69. The second-order valence-electron chi connectivity index (χ2n) is 1.79. The van der Waals surface area contributed by atoms with E-state index in [0.717, 1.165) is 0 Å². The van der Waals surface area contributed by atoms with E-state index in [9.17, 15) is 0 Å². The quantitative estimate of drug-likeness (QED) is 0.377. The highest BCUT2D eigenvalue weighted by atomic mass is 16.4. The van der Waals surface area contributed by atoms with Crippen LogP contribution in [0.4, 0.5) is 0 Å². The lowest BCUT2D eigenvalue weighted by atomic mass is 10.1. The summed E-state index contributed by atoms with van der Waals surface area (Å²) in [5.74, 6) is 0.227. The summed E-state index contributed by atoms with van der Waals surface area (Å²) in [6.07, 6.45) is 5.16. The van der Waals surface area contributed by atoms with Gasteiger partial charge in [-0.05, 0) is 12.2 Å². The highest BCUT2D eigenvalue weighted by Gasteiger charge is 2.01. The van der Waals surface area contributed by atoms with Crippen LogP contribution in [-0.2, 0) is 0 Å². The van der Waals surface area contributed by atoms with E-state index in [1.165, 1.54) is 0 Å². The molecule has 9 heavy (non-hydrogen) atoms. The number of allylic oxidation sites excluding steroid dienone is 4. The predicted octanol–water partition coefficient (Wildman–Crippen LogP) is 1.22. The van der Waals surface area contributed by atoms with Crippen LogP contribution in [-0.4, -0.2) is 16.0 Å². The van der Waals surface area contributed by atoms with Gasteiger partial charge < -0.3 is 10.3 Å². The summed E-state index contributed by atoms with van der Waals surface area (Å²) in [6, 6.07) is 0. The van der Waals surface area contributed by atoms with Crippen LogP contribution in [0.25, 0.3) is 0 Å². The molecule has 0 atom stereocenters. The van der Waals surface area contributed by atoms with Crippen LogP contribution in [0.3, 0.4) is 0 Å². The van der Waals surface area contributed by atoms with Crippen LogP contribution >= 0.6 is 0 Å². The molecule has 1 aliphatic rings. The molecule has 48 valence electrons. The lowest BCUT2D eigenvalue weighted by Gasteiger charge is -2.00. The van der Waals surface area contributed by atoms with Gasteiger partial charge in [-0.3, -0.25) is 0 Å². The van der Waals surface area contributed by atoms with Gasteiger partial charge in [0.15, 0.2) is 0 Å². The third-order valence-corrected chi connectivity index (χ3v) is 1.07. The van der Waals surface area contributed by atoms with Crippen molar-refractivity contribution >= 4 is 5.71 Å². The monoisotopic (exact) mass is 125 g/mol. The molecule has 0 heterocycles. The third-order valence-electron chi connectivity index (χ3n) is 1.07. The molecule has 1 rings (SSSR count). The number of hydrogen-bond donors (Lipinski definition) is 2. The van der Waals surface area contributed by atoms with Gasteiger partial charge in [0.25, 0.3) is 0 Å². The molecule has 1 aliphatic carbocycles. The molecule has 0 radical (unpaired) electrons. The van der Waals surface area contributed by atoms with Crippen molar-refractivity contribution in [3.63, 3.8) is 0 Å².